The van der Waals surface area contributed by atoms with Gasteiger partial charge in [0, 0.05) is 6.20 Å². The Hall–Kier alpha value is -2.18. The van der Waals surface area contributed by atoms with E-state index in [0.717, 1.165) is 0 Å². The molecular formula is C13H14N4O4. The van der Waals surface area contributed by atoms with E-state index in [-0.39, 0.29) is 5.82 Å². The van der Waals surface area contributed by atoms with Gasteiger partial charge in [-0.3, -0.25) is 0 Å². The topological polar surface area (TPSA) is 127 Å². The van der Waals surface area contributed by atoms with Crippen molar-refractivity contribution in [2.45, 2.75) is 24.0 Å². The Morgan fingerprint density at radius 2 is 2.29 bits per heavy atom. The molecule has 0 spiro atoms. The van der Waals surface area contributed by atoms with Crippen molar-refractivity contribution in [2.24, 2.45) is 0 Å². The first-order chi connectivity index (χ1) is 10.0. The molecule has 1 aliphatic rings. The molecule has 0 saturated carbocycles. The third-order valence-corrected chi connectivity index (χ3v) is 3.69. The molecule has 8 heteroatoms. The van der Waals surface area contributed by atoms with Crippen LogP contribution in [0.2, 0.25) is 0 Å². The van der Waals surface area contributed by atoms with Crippen LogP contribution in [-0.2, 0) is 4.74 Å². The van der Waals surface area contributed by atoms with Crippen LogP contribution in [0.25, 0.3) is 11.0 Å². The van der Waals surface area contributed by atoms with E-state index in [4.69, 9.17) is 16.9 Å². The van der Waals surface area contributed by atoms with E-state index in [1.165, 1.54) is 10.9 Å². The second-order valence-corrected chi connectivity index (χ2v) is 4.84. The quantitative estimate of drug-likeness (QED) is 0.502. The van der Waals surface area contributed by atoms with Gasteiger partial charge in [-0.2, -0.15) is 0 Å². The van der Waals surface area contributed by atoms with Gasteiger partial charge in [0.2, 0.25) is 0 Å². The van der Waals surface area contributed by atoms with Crippen molar-refractivity contribution in [3.63, 3.8) is 0 Å². The molecule has 0 bridgehead atoms. The average molecular weight is 290 g/mol. The Bertz CT molecular complexity index is 725. The monoisotopic (exact) mass is 290 g/mol. The normalized spacial score (nSPS) is 32.4. The fourth-order valence-electron chi connectivity index (χ4n) is 2.53. The Morgan fingerprint density at radius 3 is 2.95 bits per heavy atom. The van der Waals surface area contributed by atoms with Crippen LogP contribution >= 0.6 is 0 Å². The lowest BCUT2D eigenvalue weighted by molar-refractivity contribution is -0.0718. The molecule has 0 aromatic carbocycles. The molecule has 2 aromatic heterocycles. The molecule has 1 aliphatic heterocycles. The number of aliphatic hydroxyl groups is 3. The predicted octanol–water partition coefficient (Wildman–Crippen LogP) is -1.37. The summed E-state index contributed by atoms with van der Waals surface area (Å²) < 4.78 is 6.96. The molecule has 8 nitrogen and oxygen atoms in total. The first-order valence-corrected chi connectivity index (χ1v) is 6.24. The zero-order valence-corrected chi connectivity index (χ0v) is 10.9. The molecule has 0 radical (unpaired) electrons. The van der Waals surface area contributed by atoms with Crippen molar-refractivity contribution >= 4 is 16.9 Å². The number of nitrogen functional groups attached to an aromatic ring is 1. The van der Waals surface area contributed by atoms with Crippen molar-refractivity contribution in [2.75, 3.05) is 12.3 Å². The molecule has 0 amide bonds. The molecule has 0 aliphatic carbocycles. The number of aliphatic hydroxyl groups excluding tert-OH is 2. The molecule has 3 rings (SSSR count). The van der Waals surface area contributed by atoms with Crippen LogP contribution in [0.3, 0.4) is 0 Å². The van der Waals surface area contributed by atoms with E-state index < -0.39 is 30.6 Å². The number of fused-ring (bicyclic) bond motifs is 1. The number of nitrogens with two attached hydrogens (primary N) is 1. The molecule has 2 aromatic rings. The smallest absolute Gasteiger partial charge is 0.199 e. The second-order valence-electron chi connectivity index (χ2n) is 4.84. The molecule has 1 unspecified atom stereocenters. The minimum Gasteiger partial charge on any atom is -0.394 e. The minimum absolute atomic E-state index is 0.278. The molecular weight excluding hydrogens is 276 g/mol. The number of anilines is 1. The molecule has 5 N–H and O–H groups in total. The Balaban J connectivity index is 2.14. The predicted molar refractivity (Wildman–Crippen MR) is 72.7 cm³/mol. The van der Waals surface area contributed by atoms with Crippen LogP contribution in [0.15, 0.2) is 18.6 Å². The average Bonchev–Trinajstić information content (AvgIpc) is 3.01. The Kier molecular flexibility index (Phi) is 3.07. The molecule has 4 atom stereocenters. The van der Waals surface area contributed by atoms with Crippen LogP contribution in [0.4, 0.5) is 5.82 Å². The molecule has 110 valence electrons. The van der Waals surface area contributed by atoms with Crippen LogP contribution in [-0.4, -0.2) is 54.3 Å². The maximum atomic E-state index is 10.5. The van der Waals surface area contributed by atoms with E-state index >= 15 is 0 Å². The Morgan fingerprint density at radius 1 is 1.52 bits per heavy atom. The number of hydrogen-bond acceptors (Lipinski definition) is 7. The maximum absolute atomic E-state index is 10.5. The van der Waals surface area contributed by atoms with E-state index in [0.29, 0.717) is 11.0 Å². The van der Waals surface area contributed by atoms with Gasteiger partial charge in [0.1, 0.15) is 30.0 Å². The van der Waals surface area contributed by atoms with Crippen molar-refractivity contribution in [3.05, 3.63) is 18.6 Å². The van der Waals surface area contributed by atoms with Crippen LogP contribution in [0, 0.1) is 12.3 Å². The van der Waals surface area contributed by atoms with E-state index in [1.54, 1.807) is 12.3 Å². The highest BCUT2D eigenvalue weighted by atomic mass is 16.6. The summed E-state index contributed by atoms with van der Waals surface area (Å²) in [6.45, 7) is -0.474. The second kappa shape index (κ2) is 4.68. The SMILES string of the molecule is C#C[C@]1(O)C(n2ccc3c(N)ncnc32)O[C@H](CO)[C@H]1O. The first kappa shape index (κ1) is 13.8. The third kappa shape index (κ3) is 1.80. The summed E-state index contributed by atoms with van der Waals surface area (Å²) in [4.78, 5) is 7.96. The lowest BCUT2D eigenvalue weighted by Crippen LogP contribution is -2.45. The van der Waals surface area contributed by atoms with Gasteiger partial charge in [0.15, 0.2) is 11.8 Å². The van der Waals surface area contributed by atoms with Crippen LogP contribution in [0.5, 0.6) is 0 Å². The lowest BCUT2D eigenvalue weighted by Gasteiger charge is -2.26. The van der Waals surface area contributed by atoms with Crippen molar-refractivity contribution < 1.29 is 20.1 Å². The van der Waals surface area contributed by atoms with E-state index in [9.17, 15) is 15.3 Å². The summed E-state index contributed by atoms with van der Waals surface area (Å²) in [5, 5.41) is 30.4. The number of terminal acetylenes is 1. The summed E-state index contributed by atoms with van der Waals surface area (Å²) in [7, 11) is 0. The maximum Gasteiger partial charge on any atom is 0.199 e. The number of hydrogen-bond donors (Lipinski definition) is 4. The van der Waals surface area contributed by atoms with Gasteiger partial charge in [-0.25, -0.2) is 9.97 Å². The van der Waals surface area contributed by atoms with Crippen molar-refractivity contribution in [1.82, 2.24) is 14.5 Å². The minimum atomic E-state index is -1.99. The first-order valence-electron chi connectivity index (χ1n) is 6.24. The highest BCUT2D eigenvalue weighted by Gasteiger charge is 2.55. The van der Waals surface area contributed by atoms with Gasteiger partial charge in [-0.05, 0) is 6.07 Å². The van der Waals surface area contributed by atoms with E-state index in [2.05, 4.69) is 15.9 Å². The van der Waals surface area contributed by atoms with Crippen LogP contribution < -0.4 is 5.73 Å². The molecule has 1 fully saturated rings. The van der Waals surface area contributed by atoms with Gasteiger partial charge < -0.3 is 30.4 Å². The molecule has 3 heterocycles. The van der Waals surface area contributed by atoms with Gasteiger partial charge in [0.05, 0.1) is 12.0 Å². The fourth-order valence-corrected chi connectivity index (χ4v) is 2.53. The van der Waals surface area contributed by atoms with E-state index in [1.807, 2.05) is 0 Å². The van der Waals surface area contributed by atoms with Crippen LogP contribution in [0.1, 0.15) is 6.23 Å². The number of nitrogens with zero attached hydrogens (tertiary/aromatic N) is 3. The summed E-state index contributed by atoms with van der Waals surface area (Å²) >= 11 is 0. The third-order valence-electron chi connectivity index (χ3n) is 3.69. The summed E-state index contributed by atoms with van der Waals surface area (Å²) in [6, 6.07) is 1.66. The zero-order chi connectivity index (χ0) is 15.2. The van der Waals surface area contributed by atoms with Crippen molar-refractivity contribution in [3.8, 4) is 12.3 Å². The highest BCUT2D eigenvalue weighted by molar-refractivity contribution is 5.86. The van der Waals surface area contributed by atoms with Gasteiger partial charge >= 0.3 is 0 Å². The summed E-state index contributed by atoms with van der Waals surface area (Å²) in [5.74, 6) is 2.42. The number of rotatable bonds is 2. The number of aromatic nitrogens is 3. The number of ether oxygens (including phenoxy) is 1. The highest BCUT2D eigenvalue weighted by Crippen LogP contribution is 2.39. The van der Waals surface area contributed by atoms with Crippen molar-refractivity contribution in [1.29, 1.82) is 0 Å². The van der Waals surface area contributed by atoms with Gasteiger partial charge in [-0.15, -0.1) is 6.42 Å². The lowest BCUT2D eigenvalue weighted by atomic mass is 9.95. The molecule has 1 saturated heterocycles. The van der Waals surface area contributed by atoms with Gasteiger partial charge in [0.25, 0.3) is 0 Å². The standard InChI is InChI=1S/C13H14N4O4/c1-2-13(20)9(19)8(5-18)21-12(13)17-4-3-7-10(14)15-6-16-11(7)17/h1,3-4,6,8-9,12,18-20H,5H2,(H2,14,15,16)/t8-,9-,12?,13-/m1/s1. The fraction of sp³-hybridized carbons (Fsp3) is 0.385. The zero-order valence-electron chi connectivity index (χ0n) is 10.9. The largest absolute Gasteiger partial charge is 0.394 e. The summed E-state index contributed by atoms with van der Waals surface area (Å²) in [5.41, 5.74) is 4.17. The molecule has 21 heavy (non-hydrogen) atoms. The van der Waals surface area contributed by atoms with Gasteiger partial charge in [-0.1, -0.05) is 5.92 Å². The summed E-state index contributed by atoms with van der Waals surface area (Å²) in [6.07, 6.45) is 4.70. The Labute approximate surface area is 119 Å².